The largest absolute Gasteiger partial charge is 0.456 e. The molecule has 0 atom stereocenters. The molecular formula is C58H38N2O. The highest BCUT2D eigenvalue weighted by Crippen LogP contribution is 2.42. The fraction of sp³-hybridized carbons (Fsp3) is 0. The smallest absolute Gasteiger partial charge is 0.135 e. The van der Waals surface area contributed by atoms with E-state index in [1.807, 2.05) is 12.1 Å². The van der Waals surface area contributed by atoms with Gasteiger partial charge in [-0.25, -0.2) is 0 Å². The maximum atomic E-state index is 6.12. The summed E-state index contributed by atoms with van der Waals surface area (Å²) in [4.78, 5) is 2.38. The van der Waals surface area contributed by atoms with Crippen LogP contribution in [0, 0.1) is 0 Å². The average molecular weight is 779 g/mol. The zero-order chi connectivity index (χ0) is 40.3. The summed E-state index contributed by atoms with van der Waals surface area (Å²) in [5.74, 6) is 0. The van der Waals surface area contributed by atoms with E-state index in [-0.39, 0.29) is 0 Å². The van der Waals surface area contributed by atoms with Gasteiger partial charge in [0.15, 0.2) is 0 Å². The maximum Gasteiger partial charge on any atom is 0.135 e. The molecule has 0 unspecified atom stereocenters. The molecule has 0 amide bonds. The molecule has 0 spiro atoms. The Bertz CT molecular complexity index is 3560. The molecule has 12 aromatic rings. The van der Waals surface area contributed by atoms with Crippen LogP contribution in [0.2, 0.25) is 0 Å². The number of nitrogens with zero attached hydrogens (tertiary/aromatic N) is 2. The molecular weight excluding hydrogens is 741 g/mol. The van der Waals surface area contributed by atoms with Crippen LogP contribution in [-0.4, -0.2) is 4.57 Å². The molecule has 0 saturated carbocycles. The molecule has 0 radical (unpaired) electrons. The van der Waals surface area contributed by atoms with Crippen LogP contribution in [-0.2, 0) is 0 Å². The summed E-state index contributed by atoms with van der Waals surface area (Å²) in [6.07, 6.45) is 0. The van der Waals surface area contributed by atoms with Gasteiger partial charge in [-0.1, -0.05) is 152 Å². The Labute approximate surface area is 353 Å². The molecule has 2 heterocycles. The monoisotopic (exact) mass is 778 g/mol. The normalized spacial score (nSPS) is 11.6. The molecule has 0 aliphatic heterocycles. The van der Waals surface area contributed by atoms with Gasteiger partial charge in [0.1, 0.15) is 11.2 Å². The quantitative estimate of drug-likeness (QED) is 0.161. The lowest BCUT2D eigenvalue weighted by atomic mass is 10.0. The van der Waals surface area contributed by atoms with E-state index in [4.69, 9.17) is 4.42 Å². The Morgan fingerprint density at radius 1 is 0.311 bits per heavy atom. The number of fused-ring (bicyclic) bond motifs is 7. The van der Waals surface area contributed by atoms with Crippen molar-refractivity contribution < 1.29 is 4.42 Å². The molecule has 0 bridgehead atoms. The lowest BCUT2D eigenvalue weighted by Crippen LogP contribution is -2.10. The summed E-state index contributed by atoms with van der Waals surface area (Å²) in [5.41, 5.74) is 15.8. The highest BCUT2D eigenvalue weighted by molar-refractivity contribution is 6.11. The zero-order valence-corrected chi connectivity index (χ0v) is 33.2. The second kappa shape index (κ2) is 14.3. The van der Waals surface area contributed by atoms with Gasteiger partial charge in [-0.15, -0.1) is 0 Å². The number of aromatic nitrogens is 1. The van der Waals surface area contributed by atoms with Crippen molar-refractivity contribution in [2.75, 3.05) is 4.90 Å². The lowest BCUT2D eigenvalue weighted by Gasteiger charge is -2.27. The van der Waals surface area contributed by atoms with Crippen LogP contribution in [0.1, 0.15) is 0 Å². The Morgan fingerprint density at radius 2 is 0.820 bits per heavy atom. The van der Waals surface area contributed by atoms with Gasteiger partial charge in [0.05, 0.1) is 16.7 Å². The molecule has 3 heteroatoms. The third-order valence-electron chi connectivity index (χ3n) is 12.2. The second-order valence-corrected chi connectivity index (χ2v) is 15.7. The lowest BCUT2D eigenvalue weighted by molar-refractivity contribution is 0.669. The number of anilines is 3. The Morgan fingerprint density at radius 3 is 1.57 bits per heavy atom. The number of benzene rings is 10. The number of hydrogen-bond acceptors (Lipinski definition) is 2. The molecule has 0 N–H and O–H groups in total. The van der Waals surface area contributed by atoms with Crippen molar-refractivity contribution in [2.24, 2.45) is 0 Å². The van der Waals surface area contributed by atoms with Crippen LogP contribution in [0.25, 0.3) is 93.6 Å². The van der Waals surface area contributed by atoms with Gasteiger partial charge in [-0.3, -0.25) is 0 Å². The van der Waals surface area contributed by atoms with Gasteiger partial charge in [-0.2, -0.15) is 0 Å². The molecule has 3 nitrogen and oxygen atoms in total. The topological polar surface area (TPSA) is 21.3 Å². The molecule has 0 fully saturated rings. The van der Waals surface area contributed by atoms with Crippen LogP contribution in [0.5, 0.6) is 0 Å². The van der Waals surface area contributed by atoms with E-state index in [1.54, 1.807) is 0 Å². The van der Waals surface area contributed by atoms with Gasteiger partial charge < -0.3 is 13.9 Å². The first-order valence-electron chi connectivity index (χ1n) is 20.8. The predicted octanol–water partition coefficient (Wildman–Crippen LogP) is 16.3. The zero-order valence-electron chi connectivity index (χ0n) is 33.2. The van der Waals surface area contributed by atoms with E-state index in [0.29, 0.717) is 0 Å². The van der Waals surface area contributed by atoms with E-state index in [2.05, 4.69) is 228 Å². The molecule has 10 aromatic carbocycles. The fourth-order valence-corrected chi connectivity index (χ4v) is 9.21. The molecule has 12 rings (SSSR count). The van der Waals surface area contributed by atoms with Crippen LogP contribution < -0.4 is 4.90 Å². The number of rotatable bonds is 7. The van der Waals surface area contributed by atoms with Crippen LogP contribution in [0.4, 0.5) is 17.1 Å². The Kier molecular flexibility index (Phi) is 8.17. The summed E-state index contributed by atoms with van der Waals surface area (Å²) >= 11 is 0. The maximum absolute atomic E-state index is 6.12. The Balaban J connectivity index is 0.916. The SMILES string of the molecule is c1ccc(-c2ccc(-n3c4ccccc4c4cc(-c5ccc(N(c6ccc(-c7ccc8oc9ccccc9c8c7)cc6)c6cccc7ccccc67)cc5)ccc43)cc2)cc1. The van der Waals surface area contributed by atoms with Crippen molar-refractivity contribution in [3.8, 4) is 39.1 Å². The van der Waals surface area contributed by atoms with Gasteiger partial charge in [-0.05, 0) is 118 Å². The first-order chi connectivity index (χ1) is 30.2. The van der Waals surface area contributed by atoms with Crippen LogP contribution in [0.3, 0.4) is 0 Å². The van der Waals surface area contributed by atoms with Crippen molar-refractivity contribution in [3.63, 3.8) is 0 Å². The van der Waals surface area contributed by atoms with E-state index in [9.17, 15) is 0 Å². The molecule has 0 saturated heterocycles. The first kappa shape index (κ1) is 34.9. The summed E-state index contributed by atoms with van der Waals surface area (Å²) in [5, 5.41) is 7.16. The average Bonchev–Trinajstić information content (AvgIpc) is 3.88. The van der Waals surface area contributed by atoms with E-state index in [1.165, 1.54) is 54.8 Å². The highest BCUT2D eigenvalue weighted by atomic mass is 16.3. The minimum absolute atomic E-state index is 0.906. The summed E-state index contributed by atoms with van der Waals surface area (Å²) in [6, 6.07) is 83.0. The molecule has 61 heavy (non-hydrogen) atoms. The van der Waals surface area contributed by atoms with Gasteiger partial charge >= 0.3 is 0 Å². The first-order valence-corrected chi connectivity index (χ1v) is 20.8. The molecule has 0 aliphatic carbocycles. The van der Waals surface area contributed by atoms with Crippen LogP contribution >= 0.6 is 0 Å². The van der Waals surface area contributed by atoms with Crippen molar-refractivity contribution >= 4 is 71.6 Å². The van der Waals surface area contributed by atoms with E-state index < -0.39 is 0 Å². The molecule has 0 aliphatic rings. The van der Waals surface area contributed by atoms with Crippen molar-refractivity contribution in [3.05, 3.63) is 231 Å². The number of hydrogen-bond donors (Lipinski definition) is 0. The van der Waals surface area contributed by atoms with E-state index in [0.717, 1.165) is 55.8 Å². The van der Waals surface area contributed by atoms with Gasteiger partial charge in [0.25, 0.3) is 0 Å². The summed E-state index contributed by atoms with van der Waals surface area (Å²) in [7, 11) is 0. The number of para-hydroxylation sites is 2. The van der Waals surface area contributed by atoms with Crippen LogP contribution in [0.15, 0.2) is 235 Å². The Hall–Kier alpha value is -8.14. The molecule has 286 valence electrons. The highest BCUT2D eigenvalue weighted by Gasteiger charge is 2.18. The molecule has 2 aromatic heterocycles. The number of furan rings is 1. The summed E-state index contributed by atoms with van der Waals surface area (Å²) in [6.45, 7) is 0. The minimum Gasteiger partial charge on any atom is -0.456 e. The van der Waals surface area contributed by atoms with Crippen molar-refractivity contribution in [1.29, 1.82) is 0 Å². The third-order valence-corrected chi connectivity index (χ3v) is 12.2. The predicted molar refractivity (Wildman–Crippen MR) is 257 cm³/mol. The van der Waals surface area contributed by atoms with E-state index >= 15 is 0 Å². The van der Waals surface area contributed by atoms with Gasteiger partial charge in [0.2, 0.25) is 0 Å². The van der Waals surface area contributed by atoms with Gasteiger partial charge in [0, 0.05) is 44.0 Å². The second-order valence-electron chi connectivity index (χ2n) is 15.7. The standard InChI is InChI=1S/C58H38N2O/c1-2-11-39(12-3-1)40-21-33-48(34-22-40)60-55-18-8-6-16-50(55)52-37-44(27-35-56(52)60)41-23-29-46(30-24-41)59(54-19-10-14-43-13-4-5-15-49(43)54)47-31-25-42(26-32-47)45-28-36-58-53(38-45)51-17-7-9-20-57(51)61-58/h1-38H. The fourth-order valence-electron chi connectivity index (χ4n) is 9.21. The van der Waals surface area contributed by atoms with Crippen molar-refractivity contribution in [2.45, 2.75) is 0 Å². The summed E-state index contributed by atoms with van der Waals surface area (Å²) < 4.78 is 8.51. The van der Waals surface area contributed by atoms with Crippen molar-refractivity contribution in [1.82, 2.24) is 4.57 Å². The third kappa shape index (κ3) is 5.98. The minimum atomic E-state index is 0.906.